The normalized spacial score (nSPS) is 15.3. The highest BCUT2D eigenvalue weighted by atomic mass is 16.5. The van der Waals surface area contributed by atoms with Crippen molar-refractivity contribution < 1.29 is 23.5 Å². The molecule has 150 valence electrons. The summed E-state index contributed by atoms with van der Waals surface area (Å²) in [4.78, 5) is 26.7. The van der Waals surface area contributed by atoms with Crippen LogP contribution in [0.3, 0.4) is 0 Å². The summed E-state index contributed by atoms with van der Waals surface area (Å²) in [5, 5.41) is 11.8. The van der Waals surface area contributed by atoms with Crippen molar-refractivity contribution in [2.24, 2.45) is 0 Å². The number of morpholine rings is 1. The molecular weight excluding hydrogens is 374 g/mol. The molecule has 0 aliphatic carbocycles. The van der Waals surface area contributed by atoms with Crippen molar-refractivity contribution >= 4 is 29.3 Å². The highest BCUT2D eigenvalue weighted by Gasteiger charge is 2.21. The second kappa shape index (κ2) is 9.57. The van der Waals surface area contributed by atoms with E-state index >= 15 is 0 Å². The number of furan rings is 1. The molecule has 1 amide bonds. The monoisotopic (exact) mass is 395 g/mol. The number of esters is 1. The van der Waals surface area contributed by atoms with Gasteiger partial charge in [-0.3, -0.25) is 4.79 Å². The zero-order valence-electron chi connectivity index (χ0n) is 16.0. The summed E-state index contributed by atoms with van der Waals surface area (Å²) in [6.07, 6.45) is 1.61. The lowest BCUT2D eigenvalue weighted by molar-refractivity contribution is -0.148. The molecular formula is C21H21N3O5. The maximum absolute atomic E-state index is 12.3. The van der Waals surface area contributed by atoms with E-state index in [1.54, 1.807) is 30.3 Å². The molecule has 0 unspecified atom stereocenters. The van der Waals surface area contributed by atoms with Gasteiger partial charge >= 0.3 is 5.97 Å². The van der Waals surface area contributed by atoms with Gasteiger partial charge in [0, 0.05) is 30.5 Å². The van der Waals surface area contributed by atoms with Crippen LogP contribution < -0.4 is 10.2 Å². The van der Waals surface area contributed by atoms with Crippen LogP contribution in [-0.2, 0) is 19.1 Å². The second-order valence-electron chi connectivity index (χ2n) is 6.37. The molecule has 2 aromatic rings. The van der Waals surface area contributed by atoms with Crippen molar-refractivity contribution in [3.8, 4) is 6.07 Å². The van der Waals surface area contributed by atoms with Gasteiger partial charge in [-0.1, -0.05) is 0 Å². The third-order valence-electron chi connectivity index (χ3n) is 4.33. The van der Waals surface area contributed by atoms with E-state index in [-0.39, 0.29) is 5.57 Å². The summed E-state index contributed by atoms with van der Waals surface area (Å²) in [5.74, 6) is -1.04. The number of ether oxygens (including phenoxy) is 2. The van der Waals surface area contributed by atoms with Gasteiger partial charge < -0.3 is 24.1 Å². The largest absolute Gasteiger partial charge is 0.465 e. The molecule has 1 fully saturated rings. The van der Waals surface area contributed by atoms with Crippen LogP contribution in [0.5, 0.6) is 0 Å². The number of anilines is 2. The highest BCUT2D eigenvalue weighted by Crippen LogP contribution is 2.19. The van der Waals surface area contributed by atoms with Gasteiger partial charge in [-0.2, -0.15) is 5.26 Å². The number of hydrogen-bond acceptors (Lipinski definition) is 7. The molecule has 1 aliphatic heterocycles. The van der Waals surface area contributed by atoms with Gasteiger partial charge in [-0.05, 0) is 43.3 Å². The summed E-state index contributed by atoms with van der Waals surface area (Å²) in [7, 11) is 0. The average Bonchev–Trinajstić information content (AvgIpc) is 3.26. The molecule has 1 aromatic heterocycles. The Morgan fingerprint density at radius 3 is 2.59 bits per heavy atom. The van der Waals surface area contributed by atoms with E-state index in [0.29, 0.717) is 24.7 Å². The molecule has 1 saturated heterocycles. The van der Waals surface area contributed by atoms with E-state index in [9.17, 15) is 9.59 Å². The molecule has 1 aliphatic rings. The molecule has 1 N–H and O–H groups in total. The Morgan fingerprint density at radius 1 is 1.24 bits per heavy atom. The first-order chi connectivity index (χ1) is 14.1. The quantitative estimate of drug-likeness (QED) is 0.455. The van der Waals surface area contributed by atoms with Crippen LogP contribution in [-0.4, -0.2) is 44.3 Å². The van der Waals surface area contributed by atoms with E-state index in [4.69, 9.17) is 19.2 Å². The Kier molecular flexibility index (Phi) is 6.66. The first kappa shape index (κ1) is 20.2. The predicted molar refractivity (Wildman–Crippen MR) is 106 cm³/mol. The third-order valence-corrected chi connectivity index (χ3v) is 4.33. The molecule has 0 bridgehead atoms. The first-order valence-electron chi connectivity index (χ1n) is 9.17. The number of carbonyl (C=O) groups is 2. The third kappa shape index (κ3) is 5.46. The fraction of sp³-hybridized carbons (Fsp3) is 0.286. The Balaban J connectivity index is 1.56. The van der Waals surface area contributed by atoms with Crippen molar-refractivity contribution in [2.75, 3.05) is 36.5 Å². The lowest BCUT2D eigenvalue weighted by Gasteiger charge is -2.28. The summed E-state index contributed by atoms with van der Waals surface area (Å²) in [5.41, 5.74) is 1.38. The summed E-state index contributed by atoms with van der Waals surface area (Å²) < 4.78 is 15.5. The van der Waals surface area contributed by atoms with E-state index in [0.717, 1.165) is 18.8 Å². The molecule has 8 nitrogen and oxygen atoms in total. The zero-order chi connectivity index (χ0) is 20.6. The SMILES string of the molecule is C[C@@H](OC(=O)/C(C#N)=C/c1ccco1)C(=O)Nc1ccc(N2CCOCC2)cc1. The minimum Gasteiger partial charge on any atom is -0.465 e. The molecule has 2 heterocycles. The number of amides is 1. The number of nitrogens with zero attached hydrogens (tertiary/aromatic N) is 2. The highest BCUT2D eigenvalue weighted by molar-refractivity contribution is 6.00. The fourth-order valence-electron chi connectivity index (χ4n) is 2.75. The Hall–Kier alpha value is -3.57. The molecule has 1 aromatic carbocycles. The lowest BCUT2D eigenvalue weighted by Crippen LogP contribution is -2.36. The zero-order valence-corrected chi connectivity index (χ0v) is 16.0. The minimum atomic E-state index is -1.07. The second-order valence-corrected chi connectivity index (χ2v) is 6.37. The van der Waals surface area contributed by atoms with Crippen molar-refractivity contribution in [3.05, 3.63) is 54.0 Å². The summed E-state index contributed by atoms with van der Waals surface area (Å²) in [6, 6.07) is 12.4. The number of nitrogens with one attached hydrogen (secondary N) is 1. The van der Waals surface area contributed by atoms with Crippen molar-refractivity contribution in [2.45, 2.75) is 13.0 Å². The smallest absolute Gasteiger partial charge is 0.349 e. The van der Waals surface area contributed by atoms with Crippen molar-refractivity contribution in [3.63, 3.8) is 0 Å². The van der Waals surface area contributed by atoms with Crippen LogP contribution in [0.1, 0.15) is 12.7 Å². The van der Waals surface area contributed by atoms with E-state index in [1.165, 1.54) is 19.3 Å². The van der Waals surface area contributed by atoms with Gasteiger partial charge in [-0.15, -0.1) is 0 Å². The van der Waals surface area contributed by atoms with Gasteiger partial charge in [0.2, 0.25) is 0 Å². The maximum Gasteiger partial charge on any atom is 0.349 e. The van der Waals surface area contributed by atoms with E-state index in [1.807, 2.05) is 12.1 Å². The number of benzene rings is 1. The summed E-state index contributed by atoms with van der Waals surface area (Å²) >= 11 is 0. The predicted octanol–water partition coefficient (Wildman–Crippen LogP) is 2.59. The van der Waals surface area contributed by atoms with Crippen LogP contribution in [0.2, 0.25) is 0 Å². The van der Waals surface area contributed by atoms with E-state index in [2.05, 4.69) is 10.2 Å². The Labute approximate surface area is 168 Å². The number of nitriles is 1. The van der Waals surface area contributed by atoms with Crippen LogP contribution in [0.15, 0.2) is 52.7 Å². The molecule has 0 radical (unpaired) electrons. The minimum absolute atomic E-state index is 0.255. The molecule has 0 saturated carbocycles. The molecule has 8 heteroatoms. The standard InChI is InChI=1S/C21H21N3O5/c1-15(29-21(26)16(14-22)13-19-3-2-10-28-19)20(25)23-17-4-6-18(7-5-17)24-8-11-27-12-9-24/h2-7,10,13,15H,8-9,11-12H2,1H3,(H,23,25)/b16-13+/t15-/m1/s1. The molecule has 0 spiro atoms. The molecule has 29 heavy (non-hydrogen) atoms. The number of rotatable bonds is 6. The fourth-order valence-corrected chi connectivity index (χ4v) is 2.75. The summed E-state index contributed by atoms with van der Waals surface area (Å²) in [6.45, 7) is 4.48. The van der Waals surface area contributed by atoms with Gasteiger partial charge in [-0.25, -0.2) is 4.79 Å². The lowest BCUT2D eigenvalue weighted by atomic mass is 10.2. The Bertz CT molecular complexity index is 907. The maximum atomic E-state index is 12.3. The van der Waals surface area contributed by atoms with Crippen LogP contribution in [0.25, 0.3) is 6.08 Å². The van der Waals surface area contributed by atoms with Gasteiger partial charge in [0.15, 0.2) is 6.10 Å². The Morgan fingerprint density at radius 2 is 1.97 bits per heavy atom. The topological polar surface area (TPSA) is 105 Å². The first-order valence-corrected chi connectivity index (χ1v) is 9.17. The number of hydrogen-bond donors (Lipinski definition) is 1. The average molecular weight is 395 g/mol. The van der Waals surface area contributed by atoms with Gasteiger partial charge in [0.25, 0.3) is 5.91 Å². The van der Waals surface area contributed by atoms with Crippen molar-refractivity contribution in [1.29, 1.82) is 5.26 Å². The van der Waals surface area contributed by atoms with Crippen LogP contribution in [0.4, 0.5) is 11.4 Å². The van der Waals surface area contributed by atoms with Crippen LogP contribution in [0, 0.1) is 11.3 Å². The number of carbonyl (C=O) groups excluding carboxylic acids is 2. The molecule has 1 atom stereocenters. The van der Waals surface area contributed by atoms with E-state index < -0.39 is 18.0 Å². The van der Waals surface area contributed by atoms with Gasteiger partial charge in [0.1, 0.15) is 17.4 Å². The van der Waals surface area contributed by atoms with Crippen LogP contribution >= 0.6 is 0 Å². The molecule has 3 rings (SSSR count). The van der Waals surface area contributed by atoms with Crippen molar-refractivity contribution in [1.82, 2.24) is 0 Å². The van der Waals surface area contributed by atoms with Gasteiger partial charge in [0.05, 0.1) is 19.5 Å².